The zero-order chi connectivity index (χ0) is 12.8. The third-order valence-corrected chi connectivity index (χ3v) is 2.44. The molecule has 0 aliphatic carbocycles. The fraction of sp³-hybridized carbons (Fsp3) is 0.462. The molecule has 0 N–H and O–H groups in total. The van der Waals surface area contributed by atoms with Gasteiger partial charge in [0.1, 0.15) is 12.4 Å². The van der Waals surface area contributed by atoms with Gasteiger partial charge in [-0.3, -0.25) is 0 Å². The van der Waals surface area contributed by atoms with Crippen LogP contribution in [0.15, 0.2) is 30.3 Å². The van der Waals surface area contributed by atoms with E-state index in [0.717, 1.165) is 0 Å². The van der Waals surface area contributed by atoms with Crippen LogP contribution in [0, 0.1) is 0 Å². The number of ether oxygens (including phenoxy) is 4. The number of benzene rings is 1. The van der Waals surface area contributed by atoms with Gasteiger partial charge in [0.15, 0.2) is 12.4 Å². The molecular formula is C13H16O5. The van der Waals surface area contributed by atoms with Crippen LogP contribution >= 0.6 is 0 Å². The van der Waals surface area contributed by atoms with E-state index in [1.54, 1.807) is 19.1 Å². The highest BCUT2D eigenvalue weighted by Crippen LogP contribution is 2.12. The highest BCUT2D eigenvalue weighted by Gasteiger charge is 2.21. The van der Waals surface area contributed by atoms with E-state index in [4.69, 9.17) is 18.9 Å². The van der Waals surface area contributed by atoms with Crippen molar-refractivity contribution in [1.29, 1.82) is 0 Å². The summed E-state index contributed by atoms with van der Waals surface area (Å²) in [5.74, 6) is 0.202. The number of para-hydroxylation sites is 1. The molecule has 0 bridgehead atoms. The second-order valence-corrected chi connectivity index (χ2v) is 3.87. The lowest BCUT2D eigenvalue weighted by Gasteiger charge is -2.15. The average Bonchev–Trinajstić information content (AvgIpc) is 2.90. The third kappa shape index (κ3) is 3.72. The van der Waals surface area contributed by atoms with Gasteiger partial charge in [0.2, 0.25) is 0 Å². The minimum absolute atomic E-state index is 0.0985. The van der Waals surface area contributed by atoms with Crippen molar-refractivity contribution in [3.63, 3.8) is 0 Å². The lowest BCUT2D eigenvalue weighted by atomic mass is 10.3. The summed E-state index contributed by atoms with van der Waals surface area (Å²) in [6, 6.07) is 9.13. The summed E-state index contributed by atoms with van der Waals surface area (Å²) in [6.07, 6.45) is -1.10. The van der Waals surface area contributed by atoms with Gasteiger partial charge in [0.25, 0.3) is 0 Å². The van der Waals surface area contributed by atoms with Gasteiger partial charge >= 0.3 is 5.97 Å². The molecule has 2 rings (SSSR count). The SMILES string of the molecule is CC(Oc1ccccc1)C(=O)OCC1OCCO1. The molecule has 1 atom stereocenters. The van der Waals surface area contributed by atoms with Crippen LogP contribution < -0.4 is 4.74 Å². The van der Waals surface area contributed by atoms with Gasteiger partial charge in [-0.2, -0.15) is 0 Å². The zero-order valence-electron chi connectivity index (χ0n) is 10.2. The molecule has 1 heterocycles. The molecule has 1 aromatic carbocycles. The Hall–Kier alpha value is -1.59. The van der Waals surface area contributed by atoms with Crippen molar-refractivity contribution in [3.05, 3.63) is 30.3 Å². The largest absolute Gasteiger partial charge is 0.479 e. The van der Waals surface area contributed by atoms with Crippen LogP contribution in [0.1, 0.15) is 6.92 Å². The van der Waals surface area contributed by atoms with Gasteiger partial charge in [-0.05, 0) is 19.1 Å². The van der Waals surface area contributed by atoms with Gasteiger partial charge < -0.3 is 18.9 Å². The summed E-state index contributed by atoms with van der Waals surface area (Å²) in [4.78, 5) is 11.6. The molecule has 1 aliphatic rings. The average molecular weight is 252 g/mol. The van der Waals surface area contributed by atoms with Gasteiger partial charge in [0.05, 0.1) is 13.2 Å². The highest BCUT2D eigenvalue weighted by molar-refractivity contribution is 5.74. The molecule has 98 valence electrons. The molecule has 0 radical (unpaired) electrons. The number of esters is 1. The molecule has 1 fully saturated rings. The first-order valence-electron chi connectivity index (χ1n) is 5.87. The predicted molar refractivity (Wildman–Crippen MR) is 63.2 cm³/mol. The van der Waals surface area contributed by atoms with E-state index in [1.165, 1.54) is 0 Å². The Balaban J connectivity index is 1.74. The van der Waals surface area contributed by atoms with E-state index in [9.17, 15) is 4.79 Å². The predicted octanol–water partition coefficient (Wildman–Crippen LogP) is 1.37. The fourth-order valence-electron chi connectivity index (χ4n) is 1.52. The molecule has 5 heteroatoms. The van der Waals surface area contributed by atoms with E-state index in [-0.39, 0.29) is 6.61 Å². The van der Waals surface area contributed by atoms with E-state index in [0.29, 0.717) is 19.0 Å². The maximum atomic E-state index is 11.6. The first kappa shape index (κ1) is 12.9. The van der Waals surface area contributed by atoms with E-state index in [1.807, 2.05) is 18.2 Å². The van der Waals surface area contributed by atoms with Crippen LogP contribution in [0.2, 0.25) is 0 Å². The van der Waals surface area contributed by atoms with Crippen molar-refractivity contribution < 1.29 is 23.7 Å². The Kier molecular flexibility index (Phi) is 4.55. The number of hydrogen-bond acceptors (Lipinski definition) is 5. The van der Waals surface area contributed by atoms with Crippen molar-refractivity contribution in [1.82, 2.24) is 0 Å². The maximum Gasteiger partial charge on any atom is 0.347 e. The molecule has 18 heavy (non-hydrogen) atoms. The van der Waals surface area contributed by atoms with Crippen LogP contribution in [0.5, 0.6) is 5.75 Å². The van der Waals surface area contributed by atoms with Gasteiger partial charge in [-0.15, -0.1) is 0 Å². The van der Waals surface area contributed by atoms with Gasteiger partial charge in [0, 0.05) is 0 Å². The first-order valence-corrected chi connectivity index (χ1v) is 5.87. The summed E-state index contributed by atoms with van der Waals surface area (Å²) >= 11 is 0. The third-order valence-electron chi connectivity index (χ3n) is 2.44. The molecule has 1 aliphatic heterocycles. The second-order valence-electron chi connectivity index (χ2n) is 3.87. The Morgan fingerprint density at radius 3 is 2.67 bits per heavy atom. The van der Waals surface area contributed by atoms with Crippen molar-refractivity contribution >= 4 is 5.97 Å². The zero-order valence-corrected chi connectivity index (χ0v) is 10.2. The lowest BCUT2D eigenvalue weighted by molar-refractivity contribution is -0.162. The monoisotopic (exact) mass is 252 g/mol. The number of rotatable bonds is 5. The highest BCUT2D eigenvalue weighted by atomic mass is 16.7. The summed E-state index contributed by atoms with van der Waals surface area (Å²) in [7, 11) is 0. The van der Waals surface area contributed by atoms with Crippen molar-refractivity contribution in [2.45, 2.75) is 19.3 Å². The summed E-state index contributed by atoms with van der Waals surface area (Å²) < 4.78 is 20.8. The van der Waals surface area contributed by atoms with Gasteiger partial charge in [-0.1, -0.05) is 18.2 Å². The second kappa shape index (κ2) is 6.37. The lowest BCUT2D eigenvalue weighted by Crippen LogP contribution is -2.29. The smallest absolute Gasteiger partial charge is 0.347 e. The Bertz CT molecular complexity index is 372. The number of carbonyl (C=O) groups is 1. The Labute approximate surface area is 106 Å². The number of hydrogen-bond donors (Lipinski definition) is 0. The van der Waals surface area contributed by atoms with Crippen LogP contribution in [0.3, 0.4) is 0 Å². The van der Waals surface area contributed by atoms with Gasteiger partial charge in [-0.25, -0.2) is 4.79 Å². The summed E-state index contributed by atoms with van der Waals surface area (Å²) in [5, 5.41) is 0. The van der Waals surface area contributed by atoms with E-state index in [2.05, 4.69) is 0 Å². The molecule has 0 amide bonds. The molecule has 0 saturated carbocycles. The summed E-state index contributed by atoms with van der Waals surface area (Å²) in [5.41, 5.74) is 0. The molecule has 1 unspecified atom stereocenters. The number of carbonyl (C=O) groups excluding carboxylic acids is 1. The molecule has 0 spiro atoms. The van der Waals surface area contributed by atoms with Crippen molar-refractivity contribution in [2.24, 2.45) is 0 Å². The Morgan fingerprint density at radius 1 is 1.33 bits per heavy atom. The van der Waals surface area contributed by atoms with Crippen LogP contribution in [-0.4, -0.2) is 38.2 Å². The molecular weight excluding hydrogens is 236 g/mol. The normalized spacial score (nSPS) is 17.4. The van der Waals surface area contributed by atoms with Crippen LogP contribution in [0.25, 0.3) is 0 Å². The summed E-state index contributed by atoms with van der Waals surface area (Å²) in [6.45, 7) is 2.82. The van der Waals surface area contributed by atoms with E-state index < -0.39 is 18.4 Å². The molecule has 1 saturated heterocycles. The Morgan fingerprint density at radius 2 is 2.00 bits per heavy atom. The van der Waals surface area contributed by atoms with Crippen molar-refractivity contribution in [3.8, 4) is 5.75 Å². The van der Waals surface area contributed by atoms with Crippen LogP contribution in [-0.2, 0) is 19.0 Å². The van der Waals surface area contributed by atoms with Crippen molar-refractivity contribution in [2.75, 3.05) is 19.8 Å². The molecule has 5 nitrogen and oxygen atoms in total. The molecule has 0 aromatic heterocycles. The van der Waals surface area contributed by atoms with E-state index >= 15 is 0 Å². The first-order chi connectivity index (χ1) is 8.75. The minimum Gasteiger partial charge on any atom is -0.479 e. The maximum absolute atomic E-state index is 11.6. The standard InChI is InChI=1S/C13H16O5/c1-10(18-11-5-3-2-4-6-11)13(14)17-9-12-15-7-8-16-12/h2-6,10,12H,7-9H2,1H3. The van der Waals surface area contributed by atoms with Crippen LogP contribution in [0.4, 0.5) is 0 Å². The quantitative estimate of drug-likeness (QED) is 0.741. The minimum atomic E-state index is -0.659. The molecule has 1 aromatic rings. The topological polar surface area (TPSA) is 54.0 Å². The fourth-order valence-corrected chi connectivity index (χ4v) is 1.52.